The van der Waals surface area contributed by atoms with Crippen molar-refractivity contribution in [2.75, 3.05) is 26.6 Å². The highest BCUT2D eigenvalue weighted by Gasteiger charge is 2.18. The number of hydrogen-bond acceptors (Lipinski definition) is 7. The fourth-order valence-corrected chi connectivity index (χ4v) is 4.44. The fourth-order valence-electron chi connectivity index (χ4n) is 4.23. The van der Waals surface area contributed by atoms with E-state index in [0.717, 1.165) is 27.5 Å². The van der Waals surface area contributed by atoms with Gasteiger partial charge in [0.1, 0.15) is 11.0 Å². The van der Waals surface area contributed by atoms with Gasteiger partial charge in [0.15, 0.2) is 16.6 Å². The van der Waals surface area contributed by atoms with Crippen molar-refractivity contribution in [1.29, 1.82) is 0 Å². The topological polar surface area (TPSA) is 99.5 Å². The Balaban J connectivity index is 1.38. The minimum atomic E-state index is -0.428. The standard InChI is InChI=1S/C28H25N5O4S/c1-16-12-21-22(32-33(31-21)23-11-7-9-17-8-5-6-10-19(17)23)15-20(16)29-28(38)30-27(34)18-13-24(35-2)26(37-4)25(14-18)36-3/h5-15H,1-4H3,(H2,29,30,34,38). The molecule has 192 valence electrons. The van der Waals surface area contributed by atoms with E-state index in [1.807, 2.05) is 49.4 Å². The number of aromatic nitrogens is 3. The first-order valence-electron chi connectivity index (χ1n) is 11.7. The van der Waals surface area contributed by atoms with Crippen LogP contribution < -0.4 is 24.8 Å². The SMILES string of the molecule is COc1cc(C(=O)NC(=S)Nc2cc3nn(-c4cccc5ccccc45)nc3cc2C)cc(OC)c1OC. The molecule has 38 heavy (non-hydrogen) atoms. The summed E-state index contributed by atoms with van der Waals surface area (Å²) in [5.74, 6) is 0.702. The third-order valence-corrected chi connectivity index (χ3v) is 6.31. The summed E-state index contributed by atoms with van der Waals surface area (Å²) in [6, 6.07) is 21.0. The minimum absolute atomic E-state index is 0.132. The second kappa shape index (κ2) is 10.3. The molecule has 5 aromatic rings. The highest BCUT2D eigenvalue weighted by atomic mass is 32.1. The van der Waals surface area contributed by atoms with Crippen molar-refractivity contribution in [1.82, 2.24) is 20.3 Å². The van der Waals surface area contributed by atoms with Crippen LogP contribution in [0.4, 0.5) is 5.69 Å². The summed E-state index contributed by atoms with van der Waals surface area (Å²) in [5.41, 5.74) is 4.22. The number of carbonyl (C=O) groups is 1. The molecular weight excluding hydrogens is 502 g/mol. The van der Waals surface area contributed by atoms with Gasteiger partial charge in [0, 0.05) is 16.6 Å². The molecule has 9 nitrogen and oxygen atoms in total. The van der Waals surface area contributed by atoms with Crippen LogP contribution in [0.2, 0.25) is 0 Å². The van der Waals surface area contributed by atoms with E-state index in [9.17, 15) is 4.79 Å². The van der Waals surface area contributed by atoms with Crippen molar-refractivity contribution in [3.05, 3.63) is 77.9 Å². The Kier molecular flexibility index (Phi) is 6.80. The molecule has 5 rings (SSSR count). The number of rotatable bonds is 6. The molecule has 0 unspecified atom stereocenters. The molecular formula is C28H25N5O4S. The Morgan fingerprint density at radius 2 is 1.53 bits per heavy atom. The van der Waals surface area contributed by atoms with Gasteiger partial charge in [0.05, 0.1) is 27.0 Å². The van der Waals surface area contributed by atoms with Crippen molar-refractivity contribution in [3.63, 3.8) is 0 Å². The predicted octanol–water partition coefficient (Wildman–Crippen LogP) is 5.03. The lowest BCUT2D eigenvalue weighted by Crippen LogP contribution is -2.34. The van der Waals surface area contributed by atoms with Crippen LogP contribution in [0.3, 0.4) is 0 Å². The maximum absolute atomic E-state index is 12.9. The molecule has 0 saturated carbocycles. The van der Waals surface area contributed by atoms with Gasteiger partial charge in [0.2, 0.25) is 5.75 Å². The number of methoxy groups -OCH3 is 3. The lowest BCUT2D eigenvalue weighted by Gasteiger charge is -2.15. The number of thiocarbonyl (C=S) groups is 1. The molecule has 0 aliphatic heterocycles. The van der Waals surface area contributed by atoms with Gasteiger partial charge in [-0.05, 0) is 60.4 Å². The van der Waals surface area contributed by atoms with Crippen molar-refractivity contribution in [3.8, 4) is 22.9 Å². The number of fused-ring (bicyclic) bond motifs is 2. The van der Waals surface area contributed by atoms with E-state index in [1.54, 1.807) is 16.9 Å². The van der Waals surface area contributed by atoms with E-state index in [1.165, 1.54) is 21.3 Å². The van der Waals surface area contributed by atoms with E-state index in [4.69, 9.17) is 36.6 Å². The molecule has 0 fully saturated rings. The molecule has 0 aliphatic rings. The summed E-state index contributed by atoms with van der Waals surface area (Å²) in [7, 11) is 4.47. The molecule has 0 atom stereocenters. The quantitative estimate of drug-likeness (QED) is 0.297. The fraction of sp³-hybridized carbons (Fsp3) is 0.143. The molecule has 4 aromatic carbocycles. The van der Waals surface area contributed by atoms with Gasteiger partial charge in [-0.2, -0.15) is 0 Å². The van der Waals surface area contributed by atoms with E-state index < -0.39 is 5.91 Å². The summed E-state index contributed by atoms with van der Waals surface area (Å²) in [6.07, 6.45) is 0. The highest BCUT2D eigenvalue weighted by Crippen LogP contribution is 2.38. The van der Waals surface area contributed by atoms with Gasteiger partial charge in [-0.25, -0.2) is 0 Å². The zero-order chi connectivity index (χ0) is 26.8. The molecule has 1 amide bonds. The van der Waals surface area contributed by atoms with Crippen LogP contribution in [-0.2, 0) is 0 Å². The van der Waals surface area contributed by atoms with Gasteiger partial charge in [-0.15, -0.1) is 15.0 Å². The number of amides is 1. The number of nitrogens with zero attached hydrogens (tertiary/aromatic N) is 3. The van der Waals surface area contributed by atoms with E-state index in [-0.39, 0.29) is 5.11 Å². The van der Waals surface area contributed by atoms with E-state index in [0.29, 0.717) is 34.0 Å². The zero-order valence-electron chi connectivity index (χ0n) is 21.2. The van der Waals surface area contributed by atoms with Crippen molar-refractivity contribution < 1.29 is 19.0 Å². The van der Waals surface area contributed by atoms with Gasteiger partial charge in [0.25, 0.3) is 5.91 Å². The lowest BCUT2D eigenvalue weighted by molar-refractivity contribution is 0.0977. The monoisotopic (exact) mass is 527 g/mol. The van der Waals surface area contributed by atoms with Crippen LogP contribution in [0.15, 0.2) is 66.7 Å². The normalized spacial score (nSPS) is 10.8. The molecule has 0 radical (unpaired) electrons. The van der Waals surface area contributed by atoms with Crippen molar-refractivity contribution in [2.45, 2.75) is 6.92 Å². The summed E-state index contributed by atoms with van der Waals surface area (Å²) < 4.78 is 16.0. The van der Waals surface area contributed by atoms with Gasteiger partial charge >= 0.3 is 0 Å². The van der Waals surface area contributed by atoms with Crippen molar-refractivity contribution in [2.24, 2.45) is 0 Å². The Labute approximate surface area is 224 Å². The first-order valence-corrected chi connectivity index (χ1v) is 12.1. The molecule has 1 aromatic heterocycles. The molecule has 2 N–H and O–H groups in total. The number of anilines is 1. The zero-order valence-corrected chi connectivity index (χ0v) is 22.1. The smallest absolute Gasteiger partial charge is 0.257 e. The maximum Gasteiger partial charge on any atom is 0.257 e. The molecule has 0 bridgehead atoms. The van der Waals surface area contributed by atoms with Crippen LogP contribution in [0, 0.1) is 6.92 Å². The molecule has 0 saturated heterocycles. The average Bonchev–Trinajstić information content (AvgIpc) is 3.34. The Bertz CT molecular complexity index is 1670. The number of benzene rings is 4. The third kappa shape index (κ3) is 4.69. The van der Waals surface area contributed by atoms with Gasteiger partial charge < -0.3 is 19.5 Å². The summed E-state index contributed by atoms with van der Waals surface area (Å²) >= 11 is 5.43. The van der Waals surface area contributed by atoms with Gasteiger partial charge in [-0.3, -0.25) is 10.1 Å². The summed E-state index contributed by atoms with van der Waals surface area (Å²) in [4.78, 5) is 14.6. The van der Waals surface area contributed by atoms with Crippen LogP contribution in [0.1, 0.15) is 15.9 Å². The maximum atomic E-state index is 12.9. The van der Waals surface area contributed by atoms with Crippen LogP contribution >= 0.6 is 12.2 Å². The molecule has 1 heterocycles. The Morgan fingerprint density at radius 3 is 2.21 bits per heavy atom. The molecule has 0 spiro atoms. The first kappa shape index (κ1) is 25.0. The highest BCUT2D eigenvalue weighted by molar-refractivity contribution is 7.80. The second-order valence-corrected chi connectivity index (χ2v) is 8.87. The van der Waals surface area contributed by atoms with Gasteiger partial charge in [-0.1, -0.05) is 36.4 Å². The van der Waals surface area contributed by atoms with Crippen LogP contribution in [-0.4, -0.2) is 47.3 Å². The average molecular weight is 528 g/mol. The van der Waals surface area contributed by atoms with Crippen LogP contribution in [0.5, 0.6) is 17.2 Å². The predicted molar refractivity (Wildman–Crippen MR) is 151 cm³/mol. The molecule has 10 heteroatoms. The molecule has 0 aliphatic carbocycles. The Morgan fingerprint density at radius 1 is 0.868 bits per heavy atom. The lowest BCUT2D eigenvalue weighted by atomic mass is 10.1. The van der Waals surface area contributed by atoms with E-state index in [2.05, 4.69) is 22.8 Å². The minimum Gasteiger partial charge on any atom is -0.493 e. The number of aryl methyl sites for hydroxylation is 1. The largest absolute Gasteiger partial charge is 0.493 e. The number of carbonyl (C=O) groups excluding carboxylic acids is 1. The first-order chi connectivity index (χ1) is 18.4. The van der Waals surface area contributed by atoms with Crippen LogP contribution in [0.25, 0.3) is 27.5 Å². The summed E-state index contributed by atoms with van der Waals surface area (Å²) in [5, 5.41) is 17.5. The number of hydrogen-bond donors (Lipinski definition) is 2. The summed E-state index contributed by atoms with van der Waals surface area (Å²) in [6.45, 7) is 1.93. The number of ether oxygens (including phenoxy) is 3. The second-order valence-electron chi connectivity index (χ2n) is 8.47. The van der Waals surface area contributed by atoms with E-state index >= 15 is 0 Å². The van der Waals surface area contributed by atoms with Crippen molar-refractivity contribution >= 4 is 50.7 Å². The third-order valence-electron chi connectivity index (χ3n) is 6.11. The Hall–Kier alpha value is -4.70. The number of nitrogens with one attached hydrogen (secondary N) is 2.